The highest BCUT2D eigenvalue weighted by Crippen LogP contribution is 2.22. The summed E-state index contributed by atoms with van der Waals surface area (Å²) >= 11 is 0. The third kappa shape index (κ3) is 5.06. The van der Waals surface area contributed by atoms with Crippen molar-refractivity contribution < 1.29 is 28.7 Å². The zero-order valence-corrected chi connectivity index (χ0v) is 15.7. The van der Waals surface area contributed by atoms with Gasteiger partial charge in [-0.05, 0) is 39.0 Å². The molecule has 0 unspecified atom stereocenters. The maximum Gasteiger partial charge on any atom is 0.338 e. The Morgan fingerprint density at radius 2 is 1.59 bits per heavy atom. The van der Waals surface area contributed by atoms with Gasteiger partial charge in [0.2, 0.25) is 11.8 Å². The topological polar surface area (TPSA) is 102 Å². The summed E-state index contributed by atoms with van der Waals surface area (Å²) in [5.41, 5.74) is 0.543. The Bertz CT molecular complexity index is 709. The fourth-order valence-electron chi connectivity index (χ4n) is 2.86. The minimum Gasteiger partial charge on any atom is -0.462 e. The lowest BCUT2D eigenvalue weighted by Gasteiger charge is -2.14. The monoisotopic (exact) mass is 376 g/mol. The molecule has 0 spiro atoms. The van der Waals surface area contributed by atoms with Gasteiger partial charge in [0.25, 0.3) is 0 Å². The van der Waals surface area contributed by atoms with Crippen LogP contribution < -0.4 is 5.32 Å². The van der Waals surface area contributed by atoms with Gasteiger partial charge in [0.15, 0.2) is 0 Å². The number of rotatable bonds is 7. The van der Waals surface area contributed by atoms with Crippen LogP contribution in [0.25, 0.3) is 0 Å². The van der Waals surface area contributed by atoms with Crippen LogP contribution in [0.5, 0.6) is 0 Å². The number of nitrogens with one attached hydrogen (secondary N) is 1. The largest absolute Gasteiger partial charge is 0.462 e. The van der Waals surface area contributed by atoms with Gasteiger partial charge in [-0.1, -0.05) is 0 Å². The Morgan fingerprint density at radius 3 is 2.04 bits per heavy atom. The fourth-order valence-corrected chi connectivity index (χ4v) is 2.86. The molecule has 1 aliphatic rings. The molecular weight excluding hydrogens is 352 g/mol. The summed E-state index contributed by atoms with van der Waals surface area (Å²) in [6, 6.07) is 4.24. The number of hydrogen-bond donors (Lipinski definition) is 1. The summed E-state index contributed by atoms with van der Waals surface area (Å²) in [6.07, 6.45) is 0.141. The molecule has 2 amide bonds. The molecule has 0 bridgehead atoms. The van der Waals surface area contributed by atoms with Crippen LogP contribution in [0, 0.1) is 5.92 Å². The SMILES string of the molecule is CCOC(=O)c1cc(NC(=O)[C@@H]2CC(=O)N(CC)C2)cc(C(=O)OCC)c1. The van der Waals surface area contributed by atoms with Gasteiger partial charge in [-0.3, -0.25) is 9.59 Å². The zero-order valence-electron chi connectivity index (χ0n) is 15.7. The summed E-state index contributed by atoms with van der Waals surface area (Å²) in [6.45, 7) is 6.46. The number of carbonyl (C=O) groups is 4. The van der Waals surface area contributed by atoms with Crippen molar-refractivity contribution in [1.29, 1.82) is 0 Å². The molecule has 0 aliphatic carbocycles. The molecule has 0 radical (unpaired) electrons. The van der Waals surface area contributed by atoms with Gasteiger partial charge < -0.3 is 19.7 Å². The molecule has 1 heterocycles. The van der Waals surface area contributed by atoms with Gasteiger partial charge in [-0.25, -0.2) is 9.59 Å². The summed E-state index contributed by atoms with van der Waals surface area (Å²) < 4.78 is 9.94. The molecule has 1 saturated heterocycles. The molecule has 8 heteroatoms. The second-order valence-electron chi connectivity index (χ2n) is 6.06. The first-order valence-corrected chi connectivity index (χ1v) is 8.97. The Morgan fingerprint density at radius 1 is 1.04 bits per heavy atom. The van der Waals surface area contributed by atoms with E-state index in [4.69, 9.17) is 9.47 Å². The van der Waals surface area contributed by atoms with Gasteiger partial charge >= 0.3 is 11.9 Å². The van der Waals surface area contributed by atoms with Crippen LogP contribution in [0.1, 0.15) is 47.9 Å². The molecule has 1 fully saturated rings. The van der Waals surface area contributed by atoms with E-state index in [0.29, 0.717) is 13.1 Å². The van der Waals surface area contributed by atoms with Gasteiger partial charge in [0.1, 0.15) is 0 Å². The second-order valence-corrected chi connectivity index (χ2v) is 6.06. The molecule has 8 nitrogen and oxygen atoms in total. The number of amides is 2. The van der Waals surface area contributed by atoms with Crippen molar-refractivity contribution in [1.82, 2.24) is 4.90 Å². The average molecular weight is 376 g/mol. The average Bonchev–Trinajstić information content (AvgIpc) is 3.03. The Kier molecular flexibility index (Phi) is 6.92. The van der Waals surface area contributed by atoms with E-state index in [1.54, 1.807) is 18.7 Å². The molecular formula is C19H24N2O6. The van der Waals surface area contributed by atoms with E-state index in [9.17, 15) is 19.2 Å². The number of likely N-dealkylation sites (tertiary alicyclic amines) is 1. The lowest BCUT2D eigenvalue weighted by Crippen LogP contribution is -2.28. The lowest BCUT2D eigenvalue weighted by atomic mass is 10.1. The number of hydrogen-bond acceptors (Lipinski definition) is 6. The third-order valence-electron chi connectivity index (χ3n) is 4.19. The summed E-state index contributed by atoms with van der Waals surface area (Å²) in [4.78, 5) is 50.1. The van der Waals surface area contributed by atoms with Gasteiger partial charge in [0, 0.05) is 25.2 Å². The zero-order chi connectivity index (χ0) is 20.0. The number of anilines is 1. The van der Waals surface area contributed by atoms with Crippen LogP contribution in [0.4, 0.5) is 5.69 Å². The van der Waals surface area contributed by atoms with E-state index in [2.05, 4.69) is 5.32 Å². The highest BCUT2D eigenvalue weighted by molar-refractivity contribution is 6.01. The normalized spacial score (nSPS) is 16.2. The van der Waals surface area contributed by atoms with Crippen LogP contribution in [0.2, 0.25) is 0 Å². The van der Waals surface area contributed by atoms with Crippen LogP contribution >= 0.6 is 0 Å². The van der Waals surface area contributed by atoms with Crippen molar-refractivity contribution in [3.8, 4) is 0 Å². The quantitative estimate of drug-likeness (QED) is 0.729. The summed E-state index contributed by atoms with van der Waals surface area (Å²) in [7, 11) is 0. The lowest BCUT2D eigenvalue weighted by molar-refractivity contribution is -0.128. The van der Waals surface area contributed by atoms with Crippen LogP contribution in [-0.2, 0) is 19.1 Å². The number of ether oxygens (including phenoxy) is 2. The summed E-state index contributed by atoms with van der Waals surface area (Å²) in [5.74, 6) is -2.09. The van der Waals surface area contributed by atoms with Gasteiger partial charge in [-0.15, -0.1) is 0 Å². The molecule has 2 rings (SSSR count). The smallest absolute Gasteiger partial charge is 0.338 e. The number of esters is 2. The fraction of sp³-hybridized carbons (Fsp3) is 0.474. The van der Waals surface area contributed by atoms with Gasteiger partial charge in [-0.2, -0.15) is 0 Å². The predicted molar refractivity (Wildman–Crippen MR) is 97.3 cm³/mol. The molecule has 0 aromatic heterocycles. The van der Waals surface area contributed by atoms with Gasteiger partial charge in [0.05, 0.1) is 30.3 Å². The van der Waals surface area contributed by atoms with E-state index in [-0.39, 0.29) is 48.3 Å². The highest BCUT2D eigenvalue weighted by atomic mass is 16.5. The number of carbonyl (C=O) groups excluding carboxylic acids is 4. The van der Waals surface area contributed by atoms with E-state index in [1.807, 2.05) is 6.92 Å². The first-order valence-electron chi connectivity index (χ1n) is 8.97. The molecule has 27 heavy (non-hydrogen) atoms. The standard InChI is InChI=1S/C19H24N2O6/c1-4-21-11-14(10-16(21)22)17(23)20-15-8-12(18(24)26-5-2)7-13(9-15)19(25)27-6-3/h7-9,14H,4-6,10-11H2,1-3H3,(H,20,23)/t14-/m1/s1. The van der Waals surface area contributed by atoms with E-state index < -0.39 is 17.9 Å². The van der Waals surface area contributed by atoms with E-state index >= 15 is 0 Å². The maximum atomic E-state index is 12.5. The Hall–Kier alpha value is -2.90. The highest BCUT2D eigenvalue weighted by Gasteiger charge is 2.33. The molecule has 1 N–H and O–H groups in total. The van der Waals surface area contributed by atoms with Crippen LogP contribution in [-0.4, -0.2) is 55.0 Å². The molecule has 1 aromatic rings. The minimum absolute atomic E-state index is 0.0647. The first kappa shape index (κ1) is 20.4. The van der Waals surface area contributed by atoms with Crippen molar-refractivity contribution in [3.63, 3.8) is 0 Å². The van der Waals surface area contributed by atoms with Crippen molar-refractivity contribution in [3.05, 3.63) is 29.3 Å². The van der Waals surface area contributed by atoms with Crippen LogP contribution in [0.15, 0.2) is 18.2 Å². The minimum atomic E-state index is -0.604. The van der Waals surface area contributed by atoms with Crippen LogP contribution in [0.3, 0.4) is 0 Å². The first-order chi connectivity index (χ1) is 12.9. The molecule has 1 aliphatic heterocycles. The van der Waals surface area contributed by atoms with E-state index in [0.717, 1.165) is 0 Å². The second kappa shape index (κ2) is 9.16. The van der Waals surface area contributed by atoms with Crippen molar-refractivity contribution >= 4 is 29.4 Å². The number of nitrogens with zero attached hydrogens (tertiary/aromatic N) is 1. The van der Waals surface area contributed by atoms with Crippen molar-refractivity contribution in [2.24, 2.45) is 5.92 Å². The third-order valence-corrected chi connectivity index (χ3v) is 4.19. The van der Waals surface area contributed by atoms with E-state index in [1.165, 1.54) is 18.2 Å². The molecule has 146 valence electrons. The van der Waals surface area contributed by atoms with Crippen molar-refractivity contribution in [2.75, 3.05) is 31.6 Å². The Balaban J connectivity index is 2.23. The maximum absolute atomic E-state index is 12.5. The number of benzene rings is 1. The molecule has 1 atom stereocenters. The Labute approximate surface area is 157 Å². The molecule has 1 aromatic carbocycles. The van der Waals surface area contributed by atoms with Crippen molar-refractivity contribution in [2.45, 2.75) is 27.2 Å². The summed E-state index contributed by atoms with van der Waals surface area (Å²) in [5, 5.41) is 2.69. The molecule has 0 saturated carbocycles. The predicted octanol–water partition coefficient (Wildman–Crippen LogP) is 1.85.